The molecule has 0 radical (unpaired) electrons. The fraction of sp³-hybridized carbons (Fsp3) is 0.312. The first-order chi connectivity index (χ1) is 9.81. The molecular formula is C16H17NO3. The van der Waals surface area contributed by atoms with E-state index in [0.717, 1.165) is 12.0 Å². The topological polar surface area (TPSA) is 51.6 Å². The molecule has 0 spiro atoms. The Morgan fingerprint density at radius 3 is 3.00 bits per heavy atom. The Labute approximate surface area is 118 Å². The Morgan fingerprint density at radius 2 is 2.15 bits per heavy atom. The zero-order chi connectivity index (χ0) is 13.9. The number of methoxy groups -OCH3 is 1. The molecule has 2 aromatic rings. The molecule has 0 fully saturated rings. The van der Waals surface area contributed by atoms with Crippen molar-refractivity contribution in [2.24, 2.45) is 0 Å². The molecule has 1 aliphatic rings. The maximum atomic E-state index is 10.6. The minimum atomic E-state index is -0.840. The predicted octanol–water partition coefficient (Wildman–Crippen LogP) is 2.44. The molecule has 0 amide bonds. The molecule has 1 aliphatic heterocycles. The fourth-order valence-electron chi connectivity index (χ4n) is 2.63. The standard InChI is InChI=1S/C16H17NO3/c1-19-13-7-4-9-17-14(13)15(18)16-12-6-3-2-5-11(12)8-10-20-16/h2-7,9,15-16,18H,8,10H2,1H3. The van der Waals surface area contributed by atoms with E-state index in [1.807, 2.05) is 18.2 Å². The summed E-state index contributed by atoms with van der Waals surface area (Å²) in [5.41, 5.74) is 2.76. The summed E-state index contributed by atoms with van der Waals surface area (Å²) in [5, 5.41) is 10.6. The van der Waals surface area contributed by atoms with Crippen LogP contribution in [-0.4, -0.2) is 23.8 Å². The molecular weight excluding hydrogens is 254 g/mol. The summed E-state index contributed by atoms with van der Waals surface area (Å²) in [6.45, 7) is 0.605. The van der Waals surface area contributed by atoms with Gasteiger partial charge in [-0.1, -0.05) is 24.3 Å². The van der Waals surface area contributed by atoms with Crippen molar-refractivity contribution < 1.29 is 14.6 Å². The Balaban J connectivity index is 1.97. The molecule has 1 aromatic heterocycles. The van der Waals surface area contributed by atoms with Crippen LogP contribution in [0.3, 0.4) is 0 Å². The quantitative estimate of drug-likeness (QED) is 0.931. The van der Waals surface area contributed by atoms with E-state index in [0.29, 0.717) is 18.1 Å². The van der Waals surface area contributed by atoms with Crippen molar-refractivity contribution in [3.05, 3.63) is 59.4 Å². The second-order valence-corrected chi connectivity index (χ2v) is 4.78. The molecule has 20 heavy (non-hydrogen) atoms. The lowest BCUT2D eigenvalue weighted by molar-refractivity contribution is -0.0507. The Bertz CT molecular complexity index is 600. The third-order valence-corrected chi connectivity index (χ3v) is 3.62. The van der Waals surface area contributed by atoms with E-state index in [1.165, 1.54) is 5.56 Å². The number of rotatable bonds is 3. The predicted molar refractivity (Wildman–Crippen MR) is 74.6 cm³/mol. The first kappa shape index (κ1) is 13.1. The van der Waals surface area contributed by atoms with Gasteiger partial charge in [-0.15, -0.1) is 0 Å². The number of benzene rings is 1. The van der Waals surface area contributed by atoms with Gasteiger partial charge in [-0.05, 0) is 29.7 Å². The normalized spacial score (nSPS) is 19.2. The molecule has 4 heteroatoms. The molecule has 0 bridgehead atoms. The fourth-order valence-corrected chi connectivity index (χ4v) is 2.63. The minimum Gasteiger partial charge on any atom is -0.495 e. The van der Waals surface area contributed by atoms with Crippen LogP contribution in [0, 0.1) is 0 Å². The van der Waals surface area contributed by atoms with Crippen LogP contribution in [-0.2, 0) is 11.2 Å². The van der Waals surface area contributed by atoms with Gasteiger partial charge >= 0.3 is 0 Å². The van der Waals surface area contributed by atoms with Crippen LogP contribution in [0.5, 0.6) is 5.75 Å². The largest absolute Gasteiger partial charge is 0.495 e. The van der Waals surface area contributed by atoms with Gasteiger partial charge in [-0.2, -0.15) is 0 Å². The van der Waals surface area contributed by atoms with Gasteiger partial charge in [0.1, 0.15) is 23.7 Å². The number of hydrogen-bond donors (Lipinski definition) is 1. The summed E-state index contributed by atoms with van der Waals surface area (Å²) >= 11 is 0. The molecule has 0 saturated carbocycles. The molecule has 3 rings (SSSR count). The first-order valence-corrected chi connectivity index (χ1v) is 6.67. The van der Waals surface area contributed by atoms with Gasteiger partial charge in [0.05, 0.1) is 13.7 Å². The average Bonchev–Trinajstić information content (AvgIpc) is 2.53. The van der Waals surface area contributed by atoms with E-state index in [1.54, 1.807) is 25.4 Å². The number of aliphatic hydroxyl groups excluding tert-OH is 1. The Morgan fingerprint density at radius 1 is 1.30 bits per heavy atom. The number of ether oxygens (including phenoxy) is 2. The molecule has 104 valence electrons. The number of aliphatic hydroxyl groups is 1. The zero-order valence-corrected chi connectivity index (χ0v) is 11.3. The summed E-state index contributed by atoms with van der Waals surface area (Å²) in [4.78, 5) is 4.24. The van der Waals surface area contributed by atoms with Crippen LogP contribution in [0.1, 0.15) is 29.0 Å². The summed E-state index contributed by atoms with van der Waals surface area (Å²) in [6.07, 6.45) is 1.28. The summed E-state index contributed by atoms with van der Waals surface area (Å²) in [6, 6.07) is 11.6. The average molecular weight is 271 g/mol. The highest BCUT2D eigenvalue weighted by Gasteiger charge is 2.31. The molecule has 2 atom stereocenters. The van der Waals surface area contributed by atoms with E-state index in [9.17, 15) is 5.11 Å². The highest BCUT2D eigenvalue weighted by molar-refractivity contribution is 5.35. The third-order valence-electron chi connectivity index (χ3n) is 3.62. The Kier molecular flexibility index (Phi) is 3.67. The van der Waals surface area contributed by atoms with Gasteiger partial charge in [0, 0.05) is 6.20 Å². The zero-order valence-electron chi connectivity index (χ0n) is 11.3. The Hall–Kier alpha value is -1.91. The van der Waals surface area contributed by atoms with Crippen molar-refractivity contribution in [2.45, 2.75) is 18.6 Å². The number of nitrogens with zero attached hydrogens (tertiary/aromatic N) is 1. The van der Waals surface area contributed by atoms with E-state index in [-0.39, 0.29) is 0 Å². The van der Waals surface area contributed by atoms with Crippen molar-refractivity contribution in [1.82, 2.24) is 4.98 Å². The number of hydrogen-bond acceptors (Lipinski definition) is 4. The van der Waals surface area contributed by atoms with Crippen LogP contribution in [0.2, 0.25) is 0 Å². The molecule has 0 saturated heterocycles. The van der Waals surface area contributed by atoms with Gasteiger partial charge in [-0.3, -0.25) is 4.98 Å². The molecule has 1 N–H and O–H groups in total. The highest BCUT2D eigenvalue weighted by Crippen LogP contribution is 2.38. The van der Waals surface area contributed by atoms with Gasteiger partial charge in [0.25, 0.3) is 0 Å². The SMILES string of the molecule is COc1cccnc1C(O)C1OCCc2ccccc21. The van der Waals surface area contributed by atoms with Crippen molar-refractivity contribution in [3.8, 4) is 5.75 Å². The van der Waals surface area contributed by atoms with E-state index >= 15 is 0 Å². The highest BCUT2D eigenvalue weighted by atomic mass is 16.5. The molecule has 1 aromatic carbocycles. The van der Waals surface area contributed by atoms with E-state index < -0.39 is 12.2 Å². The third kappa shape index (κ3) is 2.28. The number of pyridine rings is 1. The van der Waals surface area contributed by atoms with Gasteiger partial charge in [-0.25, -0.2) is 0 Å². The number of aromatic nitrogens is 1. The smallest absolute Gasteiger partial charge is 0.143 e. The number of fused-ring (bicyclic) bond motifs is 1. The maximum absolute atomic E-state index is 10.6. The minimum absolute atomic E-state index is 0.399. The van der Waals surface area contributed by atoms with E-state index in [4.69, 9.17) is 9.47 Å². The lowest BCUT2D eigenvalue weighted by Crippen LogP contribution is -2.23. The lowest BCUT2D eigenvalue weighted by atomic mass is 9.93. The van der Waals surface area contributed by atoms with Crippen LogP contribution in [0.25, 0.3) is 0 Å². The summed E-state index contributed by atoms with van der Waals surface area (Å²) < 4.78 is 11.0. The van der Waals surface area contributed by atoms with Crippen LogP contribution >= 0.6 is 0 Å². The molecule has 0 aliphatic carbocycles. The van der Waals surface area contributed by atoms with Crippen molar-refractivity contribution >= 4 is 0 Å². The van der Waals surface area contributed by atoms with Gasteiger partial charge in [0.15, 0.2) is 0 Å². The molecule has 2 heterocycles. The molecule has 4 nitrogen and oxygen atoms in total. The second kappa shape index (κ2) is 5.61. The van der Waals surface area contributed by atoms with Crippen molar-refractivity contribution in [3.63, 3.8) is 0 Å². The van der Waals surface area contributed by atoms with Crippen molar-refractivity contribution in [1.29, 1.82) is 0 Å². The van der Waals surface area contributed by atoms with Gasteiger partial charge in [0.2, 0.25) is 0 Å². The summed E-state index contributed by atoms with van der Waals surface area (Å²) in [7, 11) is 1.57. The summed E-state index contributed by atoms with van der Waals surface area (Å²) in [5.74, 6) is 0.576. The van der Waals surface area contributed by atoms with Crippen LogP contribution < -0.4 is 4.74 Å². The van der Waals surface area contributed by atoms with Crippen LogP contribution in [0.15, 0.2) is 42.6 Å². The van der Waals surface area contributed by atoms with E-state index in [2.05, 4.69) is 11.1 Å². The second-order valence-electron chi connectivity index (χ2n) is 4.78. The monoisotopic (exact) mass is 271 g/mol. The van der Waals surface area contributed by atoms with Gasteiger partial charge < -0.3 is 14.6 Å². The maximum Gasteiger partial charge on any atom is 0.143 e. The van der Waals surface area contributed by atoms with Crippen LogP contribution in [0.4, 0.5) is 0 Å². The molecule has 2 unspecified atom stereocenters. The first-order valence-electron chi connectivity index (χ1n) is 6.67. The lowest BCUT2D eigenvalue weighted by Gasteiger charge is -2.29. The van der Waals surface area contributed by atoms with Crippen molar-refractivity contribution in [2.75, 3.05) is 13.7 Å².